The van der Waals surface area contributed by atoms with Crippen LogP contribution in [0.1, 0.15) is 28.6 Å². The predicted octanol–water partition coefficient (Wildman–Crippen LogP) is 4.27. The highest BCUT2D eigenvalue weighted by molar-refractivity contribution is 7.15. The van der Waals surface area contributed by atoms with Gasteiger partial charge < -0.3 is 15.0 Å². The Labute approximate surface area is 157 Å². The Morgan fingerprint density at radius 3 is 2.58 bits per heavy atom. The van der Waals surface area contributed by atoms with Gasteiger partial charge in [0.15, 0.2) is 0 Å². The summed E-state index contributed by atoms with van der Waals surface area (Å²) in [5.41, 5.74) is 4.12. The van der Waals surface area contributed by atoms with Gasteiger partial charge in [-0.15, -0.1) is 11.3 Å². The van der Waals surface area contributed by atoms with Crippen LogP contribution in [0.4, 0.5) is 0 Å². The number of aromatic nitrogens is 1. The van der Waals surface area contributed by atoms with Crippen LogP contribution in [0.3, 0.4) is 0 Å². The number of H-pyrrole nitrogens is 1. The molecule has 3 aromatic rings. The Hall–Kier alpha value is -2.37. The van der Waals surface area contributed by atoms with Crippen molar-refractivity contribution in [3.8, 4) is 16.2 Å². The normalized spacial score (nSPS) is 10.9. The number of nitrogens with one attached hydrogen (secondary N) is 2. The Morgan fingerprint density at radius 2 is 1.88 bits per heavy atom. The number of ether oxygens (including phenoxy) is 1. The average molecular weight is 369 g/mol. The monoisotopic (exact) mass is 368 g/mol. The molecule has 4 nitrogen and oxygen atoms in total. The Morgan fingerprint density at radius 1 is 1.12 bits per heavy atom. The van der Waals surface area contributed by atoms with Crippen LogP contribution < -0.4 is 15.6 Å². The van der Waals surface area contributed by atoms with E-state index in [1.54, 1.807) is 18.4 Å². The summed E-state index contributed by atoms with van der Waals surface area (Å²) < 4.78 is 5.18. The molecule has 0 aliphatic carbocycles. The molecule has 0 bridgehead atoms. The van der Waals surface area contributed by atoms with Gasteiger partial charge in [-0.25, -0.2) is 0 Å². The van der Waals surface area contributed by atoms with Gasteiger partial charge in [0.25, 0.3) is 5.56 Å². The molecule has 0 saturated carbocycles. The number of rotatable bonds is 7. The van der Waals surface area contributed by atoms with E-state index in [1.807, 2.05) is 32.0 Å². The van der Waals surface area contributed by atoms with Gasteiger partial charge in [-0.2, -0.15) is 0 Å². The molecule has 136 valence electrons. The van der Waals surface area contributed by atoms with Crippen molar-refractivity contribution in [3.05, 3.63) is 74.5 Å². The second-order valence-corrected chi connectivity index (χ2v) is 7.40. The fourth-order valence-electron chi connectivity index (χ4n) is 2.88. The molecule has 3 rings (SSSR count). The number of aromatic amines is 1. The zero-order valence-electron chi connectivity index (χ0n) is 15.4. The molecule has 0 atom stereocenters. The lowest BCUT2D eigenvalue weighted by Crippen LogP contribution is -2.13. The zero-order chi connectivity index (χ0) is 18.5. The van der Waals surface area contributed by atoms with Gasteiger partial charge >= 0.3 is 0 Å². The Bertz CT molecular complexity index is 926. The molecule has 0 amide bonds. The third-order valence-electron chi connectivity index (χ3n) is 4.41. The molecule has 26 heavy (non-hydrogen) atoms. The standard InChI is InChI=1S/C21H24N2O2S/c1-4-16-11-19(14(2)23-21(16)24)20-10-9-18(26-20)13-22-12-15-5-7-17(25-3)8-6-15/h5-11,22H,4,12-13H2,1-3H3,(H,23,24). The van der Waals surface area contributed by atoms with Crippen molar-refractivity contribution in [3.63, 3.8) is 0 Å². The van der Waals surface area contributed by atoms with E-state index >= 15 is 0 Å². The van der Waals surface area contributed by atoms with Crippen molar-refractivity contribution in [1.82, 2.24) is 10.3 Å². The van der Waals surface area contributed by atoms with Gasteiger partial charge in [-0.1, -0.05) is 19.1 Å². The van der Waals surface area contributed by atoms with Gasteiger partial charge in [0.1, 0.15) is 5.75 Å². The minimum Gasteiger partial charge on any atom is -0.497 e. The lowest BCUT2D eigenvalue weighted by atomic mass is 10.1. The highest BCUT2D eigenvalue weighted by atomic mass is 32.1. The van der Waals surface area contributed by atoms with Crippen LogP contribution >= 0.6 is 11.3 Å². The van der Waals surface area contributed by atoms with Crippen LogP contribution in [0.5, 0.6) is 5.75 Å². The van der Waals surface area contributed by atoms with Crippen LogP contribution in [0.15, 0.2) is 47.3 Å². The van der Waals surface area contributed by atoms with Gasteiger partial charge in [0, 0.05) is 39.7 Å². The molecule has 2 aromatic heterocycles. The minimum atomic E-state index is 0.0201. The van der Waals surface area contributed by atoms with Gasteiger partial charge in [0.05, 0.1) is 7.11 Å². The maximum Gasteiger partial charge on any atom is 0.251 e. The lowest BCUT2D eigenvalue weighted by molar-refractivity contribution is 0.414. The highest BCUT2D eigenvalue weighted by Gasteiger charge is 2.09. The van der Waals surface area contributed by atoms with Crippen LogP contribution in [0.25, 0.3) is 10.4 Å². The molecule has 0 unspecified atom stereocenters. The van der Waals surface area contributed by atoms with Gasteiger partial charge in [-0.05, 0) is 49.2 Å². The number of benzene rings is 1. The molecule has 0 fully saturated rings. The Kier molecular flexibility index (Phi) is 5.91. The summed E-state index contributed by atoms with van der Waals surface area (Å²) in [4.78, 5) is 17.3. The lowest BCUT2D eigenvalue weighted by Gasteiger charge is -2.06. The van der Waals surface area contributed by atoms with Crippen molar-refractivity contribution in [2.24, 2.45) is 0 Å². The minimum absolute atomic E-state index is 0.0201. The molecular formula is C21H24N2O2S. The fraction of sp³-hybridized carbons (Fsp3) is 0.286. The van der Waals surface area contributed by atoms with Crippen molar-refractivity contribution >= 4 is 11.3 Å². The predicted molar refractivity (Wildman–Crippen MR) is 108 cm³/mol. The number of thiophene rings is 1. The summed E-state index contributed by atoms with van der Waals surface area (Å²) >= 11 is 1.76. The summed E-state index contributed by atoms with van der Waals surface area (Å²) in [5.74, 6) is 0.874. The SMILES string of the molecule is CCc1cc(-c2ccc(CNCc3ccc(OC)cc3)s2)c(C)[nH]c1=O. The molecule has 0 aliphatic heterocycles. The first-order chi connectivity index (χ1) is 12.6. The first-order valence-corrected chi connectivity index (χ1v) is 9.58. The molecule has 0 radical (unpaired) electrons. The van der Waals surface area contributed by atoms with Crippen molar-refractivity contribution in [2.45, 2.75) is 33.4 Å². The van der Waals surface area contributed by atoms with Crippen LogP contribution in [0, 0.1) is 6.92 Å². The summed E-state index contributed by atoms with van der Waals surface area (Å²) in [6.45, 7) is 5.60. The molecule has 2 heterocycles. The molecular weight excluding hydrogens is 344 g/mol. The van der Waals surface area contributed by atoms with E-state index in [0.29, 0.717) is 0 Å². The van der Waals surface area contributed by atoms with E-state index in [2.05, 4.69) is 34.6 Å². The van der Waals surface area contributed by atoms with E-state index in [0.717, 1.165) is 42.1 Å². The first kappa shape index (κ1) is 18.4. The molecule has 1 aromatic carbocycles. The van der Waals surface area contributed by atoms with Crippen molar-refractivity contribution in [1.29, 1.82) is 0 Å². The summed E-state index contributed by atoms with van der Waals surface area (Å²) in [5, 5.41) is 3.48. The quantitative estimate of drug-likeness (QED) is 0.655. The number of hydrogen-bond donors (Lipinski definition) is 2. The molecule has 5 heteroatoms. The van der Waals surface area contributed by atoms with Crippen molar-refractivity contribution in [2.75, 3.05) is 7.11 Å². The van der Waals surface area contributed by atoms with Crippen LogP contribution in [-0.2, 0) is 19.5 Å². The maximum absolute atomic E-state index is 11.9. The number of pyridine rings is 1. The Balaban J connectivity index is 1.65. The number of aryl methyl sites for hydroxylation is 2. The van der Waals surface area contributed by atoms with E-state index in [4.69, 9.17) is 4.74 Å². The fourth-order valence-corrected chi connectivity index (χ4v) is 3.93. The number of methoxy groups -OCH3 is 1. The largest absolute Gasteiger partial charge is 0.497 e. The van der Waals surface area contributed by atoms with E-state index in [9.17, 15) is 4.79 Å². The second-order valence-electron chi connectivity index (χ2n) is 6.23. The third-order valence-corrected chi connectivity index (χ3v) is 5.53. The second kappa shape index (κ2) is 8.34. The third kappa shape index (κ3) is 4.23. The van der Waals surface area contributed by atoms with Gasteiger partial charge in [0.2, 0.25) is 0 Å². The van der Waals surface area contributed by atoms with Crippen LogP contribution in [-0.4, -0.2) is 12.1 Å². The van der Waals surface area contributed by atoms with Crippen molar-refractivity contribution < 1.29 is 4.74 Å². The molecule has 2 N–H and O–H groups in total. The summed E-state index contributed by atoms with van der Waals surface area (Å²) in [6, 6.07) is 14.4. The van der Waals surface area contributed by atoms with E-state index < -0.39 is 0 Å². The molecule has 0 saturated heterocycles. The van der Waals surface area contributed by atoms with Gasteiger partial charge in [-0.3, -0.25) is 4.79 Å². The highest BCUT2D eigenvalue weighted by Crippen LogP contribution is 2.30. The summed E-state index contributed by atoms with van der Waals surface area (Å²) in [6.07, 6.45) is 0.740. The maximum atomic E-state index is 11.9. The average Bonchev–Trinajstić information content (AvgIpc) is 3.11. The molecule has 0 spiro atoms. The van der Waals surface area contributed by atoms with E-state index in [1.165, 1.54) is 15.3 Å². The smallest absolute Gasteiger partial charge is 0.251 e. The van der Waals surface area contributed by atoms with Crippen LogP contribution in [0.2, 0.25) is 0 Å². The van der Waals surface area contributed by atoms with E-state index in [-0.39, 0.29) is 5.56 Å². The topological polar surface area (TPSA) is 54.1 Å². The number of hydrogen-bond acceptors (Lipinski definition) is 4. The zero-order valence-corrected chi connectivity index (χ0v) is 16.2. The summed E-state index contributed by atoms with van der Waals surface area (Å²) in [7, 11) is 1.68. The molecule has 0 aliphatic rings. The first-order valence-electron chi connectivity index (χ1n) is 8.76.